The minimum atomic E-state index is 0.743. The van der Waals surface area contributed by atoms with Gasteiger partial charge in [-0.2, -0.15) is 0 Å². The van der Waals surface area contributed by atoms with E-state index in [9.17, 15) is 0 Å². The lowest BCUT2D eigenvalue weighted by atomic mass is 9.98. The van der Waals surface area contributed by atoms with Gasteiger partial charge in [0, 0.05) is 16.5 Å². The molecule has 24 heavy (non-hydrogen) atoms. The van der Waals surface area contributed by atoms with Crippen molar-refractivity contribution >= 4 is 10.9 Å². The van der Waals surface area contributed by atoms with Gasteiger partial charge in [0.25, 0.3) is 0 Å². The van der Waals surface area contributed by atoms with Crippen molar-refractivity contribution in [2.75, 3.05) is 13.7 Å². The van der Waals surface area contributed by atoms with Crippen LogP contribution in [0, 0.1) is 0 Å². The summed E-state index contributed by atoms with van der Waals surface area (Å²) in [5.74, 6) is 0.905. The number of hydrogen-bond donors (Lipinski definition) is 2. The number of nitrogens with one attached hydrogen (secondary N) is 1. The highest BCUT2D eigenvalue weighted by Gasteiger charge is 2.17. The third-order valence-electron chi connectivity index (χ3n) is 4.67. The van der Waals surface area contributed by atoms with Crippen molar-refractivity contribution in [1.29, 1.82) is 0 Å². The zero-order valence-electron chi connectivity index (χ0n) is 14.6. The highest BCUT2D eigenvalue weighted by atomic mass is 16.5. The molecule has 3 N–H and O–H groups in total. The fraction of sp³-hybridized carbons (Fsp3) is 0.333. The van der Waals surface area contributed by atoms with Crippen molar-refractivity contribution in [3.63, 3.8) is 0 Å². The fourth-order valence-electron chi connectivity index (χ4n) is 3.42. The monoisotopic (exact) mass is 322 g/mol. The highest BCUT2D eigenvalue weighted by molar-refractivity contribution is 5.93. The van der Waals surface area contributed by atoms with E-state index in [1.54, 1.807) is 7.11 Å². The van der Waals surface area contributed by atoms with Gasteiger partial charge in [-0.25, -0.2) is 0 Å². The van der Waals surface area contributed by atoms with E-state index in [0.717, 1.165) is 43.5 Å². The summed E-state index contributed by atoms with van der Waals surface area (Å²) in [5.41, 5.74) is 12.0. The molecule has 0 bridgehead atoms. The topological polar surface area (TPSA) is 51.0 Å². The summed E-state index contributed by atoms with van der Waals surface area (Å²) in [6.45, 7) is 2.94. The second-order valence-corrected chi connectivity index (χ2v) is 6.12. The summed E-state index contributed by atoms with van der Waals surface area (Å²) in [7, 11) is 1.73. The van der Waals surface area contributed by atoms with Crippen molar-refractivity contribution in [3.8, 4) is 17.0 Å². The Labute approximate surface area is 143 Å². The lowest BCUT2D eigenvalue weighted by molar-refractivity contribution is 0.416. The van der Waals surface area contributed by atoms with Crippen molar-refractivity contribution in [2.24, 2.45) is 5.73 Å². The normalized spacial score (nSPS) is 11.1. The maximum atomic E-state index is 5.69. The molecule has 0 aliphatic carbocycles. The molecule has 1 aromatic heterocycles. The minimum absolute atomic E-state index is 0.743. The Morgan fingerprint density at radius 1 is 1.04 bits per heavy atom. The molecule has 0 fully saturated rings. The number of aryl methyl sites for hydroxylation is 2. The summed E-state index contributed by atoms with van der Waals surface area (Å²) < 4.78 is 5.59. The van der Waals surface area contributed by atoms with Crippen LogP contribution in [0.1, 0.15) is 30.9 Å². The summed E-state index contributed by atoms with van der Waals surface area (Å²) in [6.07, 6.45) is 4.19. The van der Waals surface area contributed by atoms with Crippen molar-refractivity contribution in [2.45, 2.75) is 32.6 Å². The number of aromatic amines is 1. The molecule has 2 aromatic carbocycles. The van der Waals surface area contributed by atoms with Gasteiger partial charge in [-0.1, -0.05) is 37.3 Å². The van der Waals surface area contributed by atoms with Gasteiger partial charge in [0.1, 0.15) is 5.75 Å². The number of unbranched alkanes of at least 4 members (excludes halogenated alkanes) is 1. The molecule has 0 amide bonds. The third kappa shape index (κ3) is 3.04. The molecule has 0 radical (unpaired) electrons. The molecule has 3 nitrogen and oxygen atoms in total. The molecule has 3 rings (SSSR count). The molecule has 0 aliphatic rings. The van der Waals surface area contributed by atoms with E-state index in [-0.39, 0.29) is 0 Å². The van der Waals surface area contributed by atoms with Crippen LogP contribution in [0.3, 0.4) is 0 Å². The van der Waals surface area contributed by atoms with Crippen LogP contribution in [0.25, 0.3) is 22.2 Å². The molecule has 3 heteroatoms. The van der Waals surface area contributed by atoms with Crippen LogP contribution in [0.2, 0.25) is 0 Å². The van der Waals surface area contributed by atoms with E-state index >= 15 is 0 Å². The van der Waals surface area contributed by atoms with Gasteiger partial charge in [0.05, 0.1) is 12.8 Å². The number of nitrogens with two attached hydrogens (primary N) is 1. The second kappa shape index (κ2) is 7.54. The number of methoxy groups -OCH3 is 1. The Balaban J connectivity index is 2.19. The molecule has 0 unspecified atom stereocenters. The maximum absolute atomic E-state index is 5.69. The molecule has 0 aliphatic heterocycles. The third-order valence-corrected chi connectivity index (χ3v) is 4.67. The summed E-state index contributed by atoms with van der Waals surface area (Å²) >= 11 is 0. The quantitative estimate of drug-likeness (QED) is 0.620. The number of para-hydroxylation sites is 2. The minimum Gasteiger partial charge on any atom is -0.496 e. The summed E-state index contributed by atoms with van der Waals surface area (Å²) in [5, 5.41) is 1.33. The largest absolute Gasteiger partial charge is 0.496 e. The molecule has 0 saturated carbocycles. The van der Waals surface area contributed by atoms with E-state index in [2.05, 4.69) is 42.2 Å². The van der Waals surface area contributed by atoms with Crippen LogP contribution < -0.4 is 10.5 Å². The number of H-pyrrole nitrogens is 1. The van der Waals surface area contributed by atoms with E-state index < -0.39 is 0 Å². The van der Waals surface area contributed by atoms with E-state index in [4.69, 9.17) is 10.5 Å². The average Bonchev–Trinajstić information content (AvgIpc) is 3.00. The Morgan fingerprint density at radius 2 is 1.88 bits per heavy atom. The van der Waals surface area contributed by atoms with Gasteiger partial charge < -0.3 is 15.5 Å². The molecule has 1 heterocycles. The molecule has 0 atom stereocenters. The van der Waals surface area contributed by atoms with Crippen LogP contribution in [0.4, 0.5) is 0 Å². The predicted molar refractivity (Wildman–Crippen MR) is 102 cm³/mol. The Bertz CT molecular complexity index is 820. The number of aromatic nitrogens is 1. The first kappa shape index (κ1) is 16.6. The van der Waals surface area contributed by atoms with Gasteiger partial charge in [0.15, 0.2) is 0 Å². The number of hydrogen-bond acceptors (Lipinski definition) is 2. The van der Waals surface area contributed by atoms with Gasteiger partial charge in [-0.15, -0.1) is 0 Å². The lowest BCUT2D eigenvalue weighted by Crippen LogP contribution is -1.99. The number of fused-ring (bicyclic) bond motifs is 1. The van der Waals surface area contributed by atoms with Crippen LogP contribution in [-0.2, 0) is 12.8 Å². The average molecular weight is 322 g/mol. The Hall–Kier alpha value is -2.26. The molecule has 0 spiro atoms. The Morgan fingerprint density at radius 3 is 2.62 bits per heavy atom. The van der Waals surface area contributed by atoms with Crippen LogP contribution in [0.5, 0.6) is 5.75 Å². The lowest BCUT2D eigenvalue weighted by Gasteiger charge is -2.09. The van der Waals surface area contributed by atoms with Crippen molar-refractivity contribution in [3.05, 3.63) is 53.6 Å². The first-order valence-corrected chi connectivity index (χ1v) is 8.76. The van der Waals surface area contributed by atoms with Crippen LogP contribution in [0.15, 0.2) is 42.5 Å². The SMILES string of the molecule is CCc1cccc2c(CCCCN)c(-c3ccccc3OC)[nH]c12. The fourth-order valence-corrected chi connectivity index (χ4v) is 3.42. The summed E-state index contributed by atoms with van der Waals surface area (Å²) in [4.78, 5) is 3.69. The number of ether oxygens (including phenoxy) is 1. The van der Waals surface area contributed by atoms with E-state index in [1.165, 1.54) is 27.7 Å². The molecule has 3 aromatic rings. The van der Waals surface area contributed by atoms with E-state index in [0.29, 0.717) is 0 Å². The number of benzene rings is 2. The standard InChI is InChI=1S/C21H26N2O/c1-3-15-9-8-12-16-17(10-6-7-14-22)21(23-20(15)16)18-11-4-5-13-19(18)24-2/h4-5,8-9,11-13,23H,3,6-7,10,14,22H2,1-2H3. The summed E-state index contributed by atoms with van der Waals surface area (Å²) in [6, 6.07) is 14.8. The first-order valence-electron chi connectivity index (χ1n) is 8.76. The van der Waals surface area contributed by atoms with Crippen LogP contribution >= 0.6 is 0 Å². The van der Waals surface area contributed by atoms with Crippen molar-refractivity contribution < 1.29 is 4.74 Å². The van der Waals surface area contributed by atoms with Crippen molar-refractivity contribution in [1.82, 2.24) is 4.98 Å². The number of rotatable bonds is 7. The zero-order chi connectivity index (χ0) is 16.9. The highest BCUT2D eigenvalue weighted by Crippen LogP contribution is 2.37. The van der Waals surface area contributed by atoms with E-state index in [1.807, 2.05) is 12.1 Å². The van der Waals surface area contributed by atoms with Gasteiger partial charge in [0.2, 0.25) is 0 Å². The van der Waals surface area contributed by atoms with Crippen LogP contribution in [-0.4, -0.2) is 18.6 Å². The molecule has 126 valence electrons. The van der Waals surface area contributed by atoms with Gasteiger partial charge >= 0.3 is 0 Å². The Kier molecular flexibility index (Phi) is 5.21. The van der Waals surface area contributed by atoms with Gasteiger partial charge in [-0.05, 0) is 55.5 Å². The van der Waals surface area contributed by atoms with Gasteiger partial charge in [-0.3, -0.25) is 0 Å². The second-order valence-electron chi connectivity index (χ2n) is 6.12. The molecule has 0 saturated heterocycles. The smallest absolute Gasteiger partial charge is 0.128 e. The zero-order valence-corrected chi connectivity index (χ0v) is 14.6. The maximum Gasteiger partial charge on any atom is 0.128 e. The first-order chi connectivity index (χ1) is 11.8. The molecular formula is C21H26N2O. The predicted octanol–water partition coefficient (Wildman–Crippen LogP) is 4.69. The molecular weight excluding hydrogens is 296 g/mol.